The van der Waals surface area contributed by atoms with Gasteiger partial charge in [-0.2, -0.15) is 18.4 Å². The molecule has 0 spiro atoms. The van der Waals surface area contributed by atoms with E-state index in [-0.39, 0.29) is 67.6 Å². The Bertz CT molecular complexity index is 3110. The minimum absolute atomic E-state index is 0.00117. The van der Waals surface area contributed by atoms with E-state index >= 15 is 0 Å². The number of alkyl halides is 3. The van der Waals surface area contributed by atoms with Gasteiger partial charge in [-0.05, 0) is 112 Å². The maximum Gasteiger partial charge on any atom is 0.417 e. The second-order valence-electron chi connectivity index (χ2n) is 23.3. The molecule has 3 heterocycles. The van der Waals surface area contributed by atoms with E-state index in [9.17, 15) is 57.1 Å². The first-order valence-corrected chi connectivity index (χ1v) is 28.2. The number of thiazole rings is 1. The van der Waals surface area contributed by atoms with Crippen LogP contribution in [-0.4, -0.2) is 142 Å². The topological polar surface area (TPSA) is 238 Å². The minimum Gasteiger partial charge on any atom is -0.492 e. The smallest absolute Gasteiger partial charge is 0.417 e. The summed E-state index contributed by atoms with van der Waals surface area (Å²) < 4.78 is 47.3. The number of imide groups is 1. The number of aryl methyl sites for hydroxylation is 1. The molecule has 1 unspecified atom stereocenters. The van der Waals surface area contributed by atoms with Gasteiger partial charge in [0.25, 0.3) is 5.91 Å². The van der Waals surface area contributed by atoms with E-state index in [4.69, 9.17) is 4.74 Å². The Balaban J connectivity index is 0.990. The molecule has 2 fully saturated rings. The second kappa shape index (κ2) is 26.3. The Morgan fingerprint density at radius 1 is 0.940 bits per heavy atom. The monoisotopic (exact) mass is 1170 g/mol. The number of β-amino-alcohol motifs (C(OH)–C–C–N with tert-alkyl or cyclic N) is 1. The molecule has 0 aliphatic carbocycles. The number of carbonyl (C=O) groups is 7. The molecular formula is C60H75F3N10O9S. The highest BCUT2D eigenvalue weighted by Crippen LogP contribution is 2.40. The number of rotatable bonds is 22. The highest BCUT2D eigenvalue weighted by molar-refractivity contribution is 7.13. The van der Waals surface area contributed by atoms with E-state index < -0.39 is 88.2 Å². The number of amides is 8. The quantitative estimate of drug-likeness (QED) is 0.0553. The Labute approximate surface area is 486 Å². The molecule has 2 saturated heterocycles. The number of urea groups is 1. The molecule has 0 radical (unpaired) electrons. The summed E-state index contributed by atoms with van der Waals surface area (Å²) >= 11 is 1.53. The fourth-order valence-corrected chi connectivity index (χ4v) is 11.1. The fourth-order valence-electron chi connectivity index (χ4n) is 10.3. The third-order valence-corrected chi connectivity index (χ3v) is 15.8. The lowest BCUT2D eigenvalue weighted by atomic mass is 9.85. The zero-order chi connectivity index (χ0) is 61.6. The van der Waals surface area contributed by atoms with Crippen LogP contribution in [0.1, 0.15) is 104 Å². The van der Waals surface area contributed by atoms with Crippen molar-refractivity contribution in [1.82, 2.24) is 35.6 Å². The first-order chi connectivity index (χ1) is 38.8. The Morgan fingerprint density at radius 3 is 2.14 bits per heavy atom. The van der Waals surface area contributed by atoms with Crippen LogP contribution in [0.3, 0.4) is 0 Å². The molecule has 3 aromatic carbocycles. The Kier molecular flexibility index (Phi) is 20.4. The van der Waals surface area contributed by atoms with Crippen molar-refractivity contribution in [2.75, 3.05) is 50.1 Å². The molecule has 6 rings (SSSR count). The number of nitrogens with one attached hydrogen (secondary N) is 3. The van der Waals surface area contributed by atoms with Gasteiger partial charge in [0.1, 0.15) is 36.0 Å². The van der Waals surface area contributed by atoms with Crippen LogP contribution in [0, 0.1) is 35.5 Å². The number of aromatic nitrogens is 1. The van der Waals surface area contributed by atoms with Crippen LogP contribution in [0.25, 0.3) is 16.1 Å². The number of likely N-dealkylation sites (N-methyl/N-ethyl adjacent to an activating group) is 2. The van der Waals surface area contributed by atoms with E-state index in [1.165, 1.54) is 53.2 Å². The van der Waals surface area contributed by atoms with E-state index in [0.29, 0.717) is 40.9 Å². The molecule has 2 aliphatic rings. The number of aliphatic hydroxyl groups excluding tert-OH is 1. The van der Waals surface area contributed by atoms with Crippen LogP contribution in [0.15, 0.2) is 78.8 Å². The number of halogens is 3. The number of nitriles is 1. The van der Waals surface area contributed by atoms with Gasteiger partial charge in [0, 0.05) is 37.8 Å². The number of hydrogen-bond donors (Lipinski definition) is 4. The number of carbonyl (C=O) groups excluding carboxylic acids is 7. The molecule has 8 amide bonds. The SMILES string of the molecule is C=C(NC(=O)[C@@H]1C[C@@H](O)CN1C(=O)[C@@H](NC(=O)CCCN(C)[C@H](C(=O)NC(C(=O)N(C)CCOc1ccc(N2C(=O)N(c3ccc(C#N)c(C(F)(F)F)c3)C(=O)C2(C)C)cc1)C(C)C)C(C)C)C(C)(C)C)c1ccc(-c2scnc2C)cc1. The van der Waals surface area contributed by atoms with E-state index in [2.05, 4.69) is 27.5 Å². The first-order valence-electron chi connectivity index (χ1n) is 27.3. The van der Waals surface area contributed by atoms with Gasteiger partial charge in [-0.1, -0.05) is 79.3 Å². The number of benzene rings is 3. The summed E-state index contributed by atoms with van der Waals surface area (Å²) in [7, 11) is 3.34. The molecule has 5 atom stereocenters. The van der Waals surface area contributed by atoms with Crippen molar-refractivity contribution >= 4 is 69.9 Å². The molecule has 0 bridgehead atoms. The van der Waals surface area contributed by atoms with Crippen molar-refractivity contribution in [3.05, 3.63) is 101 Å². The van der Waals surface area contributed by atoms with Crippen LogP contribution in [-0.2, 0) is 34.9 Å². The van der Waals surface area contributed by atoms with Gasteiger partial charge in [0.2, 0.25) is 29.5 Å². The van der Waals surface area contributed by atoms with Crippen molar-refractivity contribution in [3.63, 3.8) is 0 Å². The number of likely N-dealkylation sites (tertiary alicyclic amines) is 1. The maximum absolute atomic E-state index is 14.3. The van der Waals surface area contributed by atoms with Crippen LogP contribution >= 0.6 is 11.3 Å². The van der Waals surface area contributed by atoms with Crippen molar-refractivity contribution in [2.45, 2.75) is 130 Å². The molecule has 0 saturated carbocycles. The second-order valence-corrected chi connectivity index (χ2v) is 24.2. The molecule has 23 heteroatoms. The summed E-state index contributed by atoms with van der Waals surface area (Å²) in [6.07, 6.45) is -5.56. The number of anilines is 2. The maximum atomic E-state index is 14.3. The third kappa shape index (κ3) is 14.9. The number of ether oxygens (including phenoxy) is 1. The average Bonchev–Trinajstić information content (AvgIpc) is 2.03. The predicted octanol–water partition coefficient (Wildman–Crippen LogP) is 7.76. The van der Waals surface area contributed by atoms with E-state index in [0.717, 1.165) is 33.2 Å². The zero-order valence-corrected chi connectivity index (χ0v) is 49.8. The van der Waals surface area contributed by atoms with Gasteiger partial charge < -0.3 is 35.6 Å². The largest absolute Gasteiger partial charge is 0.492 e. The Hall–Kier alpha value is -7.68. The van der Waals surface area contributed by atoms with Crippen LogP contribution in [0.5, 0.6) is 5.75 Å². The first kappa shape index (κ1) is 64.5. The van der Waals surface area contributed by atoms with Crippen molar-refractivity contribution in [3.8, 4) is 22.3 Å². The molecule has 4 N–H and O–H groups in total. The lowest BCUT2D eigenvalue weighted by Crippen LogP contribution is -2.57. The van der Waals surface area contributed by atoms with E-state index in [1.807, 2.05) is 63.8 Å². The van der Waals surface area contributed by atoms with Crippen molar-refractivity contribution in [2.24, 2.45) is 17.3 Å². The summed E-state index contributed by atoms with van der Waals surface area (Å²) in [5.41, 5.74) is 0.355. The van der Waals surface area contributed by atoms with Gasteiger partial charge in [-0.25, -0.2) is 14.7 Å². The number of nitrogens with zero attached hydrogens (tertiary/aromatic N) is 7. The lowest BCUT2D eigenvalue weighted by Gasteiger charge is -2.35. The van der Waals surface area contributed by atoms with Crippen LogP contribution < -0.4 is 30.5 Å². The Morgan fingerprint density at radius 2 is 1.58 bits per heavy atom. The standard InChI is InChI=1S/C60H75F3N10O9S/c1-34(2)48(54(78)70(13)27-28-82-44-24-22-41(23-25-44)73-57(81)72(56(80)59(73,10)11)42-21-20-40(31-64)45(29-42)60(61,62)63)68-53(77)49(35(3)4)69(12)26-14-15-47(75)67-51(58(7,8)9)55(79)71-32-43(74)30-46(71)52(76)66-36(5)38-16-18-39(19-17-38)50-37(6)65-33-83-50/h16-25,29,33-35,43,46,48-49,51,74H,5,14-15,26-28,30,32H2,1-4,6-13H3,(H,66,76)(H,67,75)(H,68,77)/t43-,46+,48?,49+,51-/m1/s1. The molecule has 4 aromatic rings. The van der Waals surface area contributed by atoms with Gasteiger partial charge in [-0.3, -0.25) is 38.6 Å². The molecule has 19 nitrogen and oxygen atoms in total. The summed E-state index contributed by atoms with van der Waals surface area (Å²) in [4.78, 5) is 109. The van der Waals surface area contributed by atoms with Gasteiger partial charge in [0.15, 0.2) is 0 Å². The molecular weight excluding hydrogens is 1090 g/mol. The third-order valence-electron chi connectivity index (χ3n) is 14.8. The van der Waals surface area contributed by atoms with Gasteiger partial charge in [-0.15, -0.1) is 11.3 Å². The normalized spacial score (nSPS) is 17.3. The van der Waals surface area contributed by atoms with E-state index in [1.54, 1.807) is 52.5 Å². The van der Waals surface area contributed by atoms with Crippen LogP contribution in [0.4, 0.5) is 29.3 Å². The zero-order valence-electron chi connectivity index (χ0n) is 49.0. The van der Waals surface area contributed by atoms with Crippen LogP contribution in [0.2, 0.25) is 0 Å². The van der Waals surface area contributed by atoms with Crippen molar-refractivity contribution in [1.29, 1.82) is 5.26 Å². The van der Waals surface area contributed by atoms with Crippen molar-refractivity contribution < 1.29 is 56.6 Å². The average molecular weight is 1170 g/mol. The van der Waals surface area contributed by atoms with Gasteiger partial charge in [0.05, 0.1) is 57.7 Å². The summed E-state index contributed by atoms with van der Waals surface area (Å²) in [6.45, 7) is 22.0. The van der Waals surface area contributed by atoms with Gasteiger partial charge >= 0.3 is 12.2 Å². The molecule has 2 aliphatic heterocycles. The summed E-state index contributed by atoms with van der Waals surface area (Å²) in [5, 5.41) is 28.6. The molecule has 83 heavy (non-hydrogen) atoms. The highest BCUT2D eigenvalue weighted by atomic mass is 32.1. The number of hydrogen-bond acceptors (Lipinski definition) is 13. The summed E-state index contributed by atoms with van der Waals surface area (Å²) in [6, 6.07) is 13.2. The predicted molar refractivity (Wildman–Crippen MR) is 309 cm³/mol. The number of aliphatic hydroxyl groups is 1. The highest BCUT2D eigenvalue weighted by Gasteiger charge is 2.53. The summed E-state index contributed by atoms with van der Waals surface area (Å²) in [5.74, 6) is -3.14. The minimum atomic E-state index is -4.91. The molecule has 446 valence electrons. The fraction of sp³-hybridized carbons (Fsp3) is 0.483. The molecule has 1 aromatic heterocycles. The lowest BCUT2D eigenvalue weighted by molar-refractivity contribution is -0.143.